The van der Waals surface area contributed by atoms with Crippen molar-refractivity contribution in [2.45, 2.75) is 25.9 Å². The number of carbonyl (C=O) groups is 3. The Balaban J connectivity index is 0.00000113. The van der Waals surface area contributed by atoms with Gasteiger partial charge in [-0.3, -0.25) is 18.9 Å². The van der Waals surface area contributed by atoms with Crippen molar-refractivity contribution in [1.29, 1.82) is 0 Å². The topological polar surface area (TPSA) is 167 Å². The van der Waals surface area contributed by atoms with Gasteiger partial charge in [-0.15, -0.1) is 0 Å². The molecule has 1 aliphatic rings. The second-order valence-electron chi connectivity index (χ2n) is 5.14. The third kappa shape index (κ3) is 7.40. The van der Waals surface area contributed by atoms with Crippen molar-refractivity contribution in [2.24, 2.45) is 5.73 Å². The molecule has 1 aromatic carbocycles. The predicted molar refractivity (Wildman–Crippen MR) is 93.7 cm³/mol. The van der Waals surface area contributed by atoms with Crippen LogP contribution in [0.5, 0.6) is 0 Å². The average Bonchev–Trinajstić information content (AvgIpc) is 2.49. The summed E-state index contributed by atoms with van der Waals surface area (Å²) in [4.78, 5) is 32.3. The quantitative estimate of drug-likeness (QED) is 0.258. The van der Waals surface area contributed by atoms with Crippen LogP contribution in [-0.4, -0.2) is 82.3 Å². The van der Waals surface area contributed by atoms with Crippen LogP contribution >= 0.6 is 0 Å². The van der Waals surface area contributed by atoms with Crippen LogP contribution in [0.15, 0.2) is 24.3 Å². The van der Waals surface area contributed by atoms with Crippen molar-refractivity contribution in [2.75, 3.05) is 6.54 Å². The molecule has 140 valence electrons. The van der Waals surface area contributed by atoms with Crippen molar-refractivity contribution >= 4 is 57.6 Å². The third-order valence-corrected chi connectivity index (χ3v) is 4.08. The molecule has 2 rings (SSSR count). The van der Waals surface area contributed by atoms with E-state index in [1.165, 1.54) is 0 Å². The van der Waals surface area contributed by atoms with Gasteiger partial charge in [-0.1, -0.05) is 24.3 Å². The molecule has 0 aliphatic carbocycles. The van der Waals surface area contributed by atoms with Crippen LogP contribution in [0.25, 0.3) is 0 Å². The fraction of sp³-hybridized carbons (Fsp3) is 0.357. The van der Waals surface area contributed by atoms with Crippen LogP contribution in [0, 0.1) is 0 Å². The van der Waals surface area contributed by atoms with Gasteiger partial charge in [-0.2, -0.15) is 8.42 Å². The Labute approximate surface area is 172 Å². The second-order valence-corrected chi connectivity index (χ2v) is 6.47. The molecule has 1 aromatic rings. The van der Waals surface area contributed by atoms with E-state index in [9.17, 15) is 18.0 Å². The molecule has 1 heterocycles. The molecule has 0 saturated carbocycles. The van der Waals surface area contributed by atoms with Gasteiger partial charge < -0.3 is 16.2 Å². The summed E-state index contributed by atoms with van der Waals surface area (Å²) in [5, 5.41) is 9.84. The maximum atomic E-state index is 11.9. The van der Waals surface area contributed by atoms with Gasteiger partial charge in [0.1, 0.15) is 6.04 Å². The van der Waals surface area contributed by atoms with E-state index in [2.05, 4.69) is 5.32 Å². The van der Waals surface area contributed by atoms with Crippen LogP contribution in [0.3, 0.4) is 0 Å². The Morgan fingerprint density at radius 3 is 2.23 bits per heavy atom. The van der Waals surface area contributed by atoms with Crippen molar-refractivity contribution in [3.8, 4) is 0 Å². The molecule has 0 bridgehead atoms. The number of benzene rings is 1. The summed E-state index contributed by atoms with van der Waals surface area (Å²) in [6, 6.07) is 6.22. The summed E-state index contributed by atoms with van der Waals surface area (Å²) in [6.07, 6.45) is 0.0447. The average molecular weight is 397 g/mol. The third-order valence-electron chi connectivity index (χ3n) is 3.20. The van der Waals surface area contributed by atoms with Gasteiger partial charge in [0.2, 0.25) is 5.91 Å². The molecule has 0 aromatic heterocycles. The van der Waals surface area contributed by atoms with Gasteiger partial charge >= 0.3 is 39.9 Å². The Kier molecular flexibility index (Phi) is 9.99. The zero-order chi connectivity index (χ0) is 19.2. The van der Waals surface area contributed by atoms with Crippen molar-refractivity contribution in [1.82, 2.24) is 9.62 Å². The van der Waals surface area contributed by atoms with E-state index in [-0.39, 0.29) is 42.5 Å². The first-order valence-electron chi connectivity index (χ1n) is 7.11. The van der Waals surface area contributed by atoms with E-state index >= 15 is 0 Å². The fourth-order valence-electron chi connectivity index (χ4n) is 2.06. The van der Waals surface area contributed by atoms with Crippen LogP contribution in [0.4, 0.5) is 0 Å². The monoisotopic (exact) mass is 397 g/mol. The molecule has 2 amide bonds. The number of hydrogen-bond acceptors (Lipinski definition) is 6. The first-order valence-corrected chi connectivity index (χ1v) is 8.50. The number of carbonyl (C=O) groups excluding carboxylic acids is 2. The number of aliphatic carboxylic acids is 1. The molecule has 1 unspecified atom stereocenters. The van der Waals surface area contributed by atoms with Crippen molar-refractivity contribution in [3.05, 3.63) is 35.4 Å². The number of nitrogens with zero attached hydrogens (tertiary/aromatic N) is 1. The number of β-lactam (4-membered cyclic amide) rings is 1. The van der Waals surface area contributed by atoms with Gasteiger partial charge in [0, 0.05) is 13.5 Å². The number of amides is 2. The number of carboxylic acid groups (broad SMARTS) is 1. The number of nitrogens with one attached hydrogen (secondary N) is 1. The number of rotatable bonds is 5. The predicted octanol–water partition coefficient (Wildman–Crippen LogP) is -1.74. The summed E-state index contributed by atoms with van der Waals surface area (Å²) in [7, 11) is -4.54. The van der Waals surface area contributed by atoms with E-state index in [4.69, 9.17) is 20.2 Å². The van der Waals surface area contributed by atoms with E-state index in [1.54, 1.807) is 18.2 Å². The summed E-state index contributed by atoms with van der Waals surface area (Å²) in [5.41, 5.74) is 7.14. The Hall–Kier alpha value is -1.50. The molecule has 5 N–H and O–H groups in total. The van der Waals surface area contributed by atoms with E-state index in [0.29, 0.717) is 10.8 Å². The van der Waals surface area contributed by atoms with Gasteiger partial charge in [0.25, 0.3) is 11.9 Å². The van der Waals surface area contributed by atoms with Gasteiger partial charge in [-0.05, 0) is 11.1 Å². The van der Waals surface area contributed by atoms with Crippen LogP contribution in [0.2, 0.25) is 0 Å². The first-order chi connectivity index (χ1) is 11.6. The normalized spacial score (nSPS) is 15.7. The number of carboxylic acids is 1. The van der Waals surface area contributed by atoms with Crippen molar-refractivity contribution in [3.63, 3.8) is 0 Å². The number of hydrogen-bond donors (Lipinski definition) is 4. The molecule has 1 saturated heterocycles. The standard InChI is InChI=1S/C12H15N3O5S.C2H4O2.Na.H/c13-6-9-4-2-1-3-8(9)5-11(16)14-10-7-15(12(10)17)21(18,19)20;1-2(3)4;;/h1-4,10H,5-7,13H2,(H,14,16)(H,18,19,20);1H3,(H,3,4);;. The zero-order valence-corrected chi connectivity index (χ0v) is 14.2. The second kappa shape index (κ2) is 10.6. The molecular weight excluding hydrogens is 377 g/mol. The Morgan fingerprint density at radius 2 is 1.81 bits per heavy atom. The molecule has 26 heavy (non-hydrogen) atoms. The van der Waals surface area contributed by atoms with E-state index in [0.717, 1.165) is 18.1 Å². The van der Waals surface area contributed by atoms with E-state index in [1.807, 2.05) is 6.07 Å². The fourth-order valence-corrected chi connectivity index (χ4v) is 2.75. The summed E-state index contributed by atoms with van der Waals surface area (Å²) in [6.45, 7) is 1.12. The first kappa shape index (κ1) is 24.5. The maximum absolute atomic E-state index is 11.9. The van der Waals surface area contributed by atoms with Gasteiger partial charge in [-0.25, -0.2) is 4.31 Å². The van der Waals surface area contributed by atoms with Crippen LogP contribution < -0.4 is 11.1 Å². The molecular formula is C14H20N3NaO7S. The van der Waals surface area contributed by atoms with Gasteiger partial charge in [0.15, 0.2) is 0 Å². The molecule has 1 fully saturated rings. The molecule has 1 aliphatic heterocycles. The molecule has 0 radical (unpaired) electrons. The van der Waals surface area contributed by atoms with Crippen molar-refractivity contribution < 1.29 is 32.5 Å². The summed E-state index contributed by atoms with van der Waals surface area (Å²) >= 11 is 0. The minimum absolute atomic E-state index is 0. The molecule has 12 heteroatoms. The number of nitrogens with two attached hydrogens (primary N) is 1. The van der Waals surface area contributed by atoms with E-state index < -0.39 is 34.1 Å². The Morgan fingerprint density at radius 1 is 1.31 bits per heavy atom. The molecule has 1 atom stereocenters. The summed E-state index contributed by atoms with van der Waals surface area (Å²) < 4.78 is 30.5. The SMILES string of the molecule is CC(=O)O.NCc1ccccc1CC(=O)NC1CN(S(=O)(=O)O)C1=O.[NaH]. The Bertz CT molecular complexity index is 766. The molecule has 10 nitrogen and oxygen atoms in total. The van der Waals surface area contributed by atoms with Gasteiger partial charge in [0.05, 0.1) is 13.0 Å². The van der Waals surface area contributed by atoms with Crippen LogP contribution in [-0.2, 0) is 37.7 Å². The zero-order valence-electron chi connectivity index (χ0n) is 13.4. The van der Waals surface area contributed by atoms with Crippen LogP contribution in [0.1, 0.15) is 18.1 Å². The summed E-state index contributed by atoms with van der Waals surface area (Å²) in [5.74, 6) is -2.10. The molecule has 0 spiro atoms. The minimum atomic E-state index is -4.54.